The summed E-state index contributed by atoms with van der Waals surface area (Å²) in [4.78, 5) is 22.2. The number of non-ortho nitro benzene ring substituents is 1. The molecule has 2 aromatic rings. The van der Waals surface area contributed by atoms with E-state index < -0.39 is 16.6 Å². The van der Waals surface area contributed by atoms with E-state index in [4.69, 9.17) is 16.3 Å². The van der Waals surface area contributed by atoms with E-state index >= 15 is 0 Å². The number of rotatable bonds is 4. The molecule has 1 N–H and O–H groups in total. The van der Waals surface area contributed by atoms with Crippen molar-refractivity contribution >= 4 is 28.9 Å². The lowest BCUT2D eigenvalue weighted by atomic mass is 10.2. The average Bonchev–Trinajstić information content (AvgIpc) is 2.47. The summed E-state index contributed by atoms with van der Waals surface area (Å²) in [5, 5.41) is 13.1. The lowest BCUT2D eigenvalue weighted by molar-refractivity contribution is -0.384. The molecule has 8 heteroatoms. The number of anilines is 1. The summed E-state index contributed by atoms with van der Waals surface area (Å²) >= 11 is 5.81. The maximum atomic E-state index is 13.7. The van der Waals surface area contributed by atoms with Crippen molar-refractivity contribution in [1.82, 2.24) is 0 Å². The van der Waals surface area contributed by atoms with E-state index in [1.54, 1.807) is 0 Å². The standard InChI is InChI=1S/C14H10ClFN2O4/c1-22-12-7-8(18(20)21)5-6-11(12)17-14(19)13-9(15)3-2-4-10(13)16/h2-7H,1H3,(H,17,19). The summed E-state index contributed by atoms with van der Waals surface area (Å²) in [6.45, 7) is 0. The quantitative estimate of drug-likeness (QED) is 0.687. The van der Waals surface area contributed by atoms with Gasteiger partial charge in [0.2, 0.25) is 0 Å². The molecule has 0 fully saturated rings. The van der Waals surface area contributed by atoms with Crippen LogP contribution >= 0.6 is 11.6 Å². The summed E-state index contributed by atoms with van der Waals surface area (Å²) in [5.74, 6) is -1.48. The Morgan fingerprint density at radius 2 is 2.09 bits per heavy atom. The summed E-state index contributed by atoms with van der Waals surface area (Å²) in [7, 11) is 1.30. The van der Waals surface area contributed by atoms with E-state index in [1.165, 1.54) is 31.4 Å². The Morgan fingerprint density at radius 3 is 2.68 bits per heavy atom. The van der Waals surface area contributed by atoms with Crippen LogP contribution < -0.4 is 10.1 Å². The van der Waals surface area contributed by atoms with E-state index in [-0.39, 0.29) is 27.7 Å². The molecule has 0 spiro atoms. The normalized spacial score (nSPS) is 10.1. The number of amides is 1. The number of ether oxygens (including phenoxy) is 1. The monoisotopic (exact) mass is 324 g/mol. The van der Waals surface area contributed by atoms with E-state index in [9.17, 15) is 19.3 Å². The first-order valence-electron chi connectivity index (χ1n) is 6.02. The first-order valence-corrected chi connectivity index (χ1v) is 6.39. The molecule has 0 aliphatic heterocycles. The number of carbonyl (C=O) groups excluding carboxylic acids is 1. The van der Waals surface area contributed by atoms with Crippen molar-refractivity contribution < 1.29 is 18.8 Å². The fraction of sp³-hybridized carbons (Fsp3) is 0.0714. The van der Waals surface area contributed by atoms with E-state index in [0.717, 1.165) is 12.1 Å². The number of halogens is 2. The molecule has 0 saturated carbocycles. The molecular weight excluding hydrogens is 315 g/mol. The molecule has 0 bridgehead atoms. The molecule has 0 aliphatic rings. The second-order valence-electron chi connectivity index (χ2n) is 4.19. The molecular formula is C14H10ClFN2O4. The highest BCUT2D eigenvalue weighted by Crippen LogP contribution is 2.30. The van der Waals surface area contributed by atoms with Gasteiger partial charge in [0, 0.05) is 6.07 Å². The largest absolute Gasteiger partial charge is 0.494 e. The fourth-order valence-corrected chi connectivity index (χ4v) is 2.05. The van der Waals surface area contributed by atoms with Gasteiger partial charge in [0.25, 0.3) is 11.6 Å². The van der Waals surface area contributed by atoms with Gasteiger partial charge in [-0.25, -0.2) is 4.39 Å². The zero-order valence-electron chi connectivity index (χ0n) is 11.3. The predicted molar refractivity (Wildman–Crippen MR) is 79.0 cm³/mol. The van der Waals surface area contributed by atoms with Crippen molar-refractivity contribution in [2.24, 2.45) is 0 Å². The van der Waals surface area contributed by atoms with Crippen LogP contribution in [0, 0.1) is 15.9 Å². The highest BCUT2D eigenvalue weighted by molar-refractivity contribution is 6.34. The molecule has 0 radical (unpaired) electrons. The maximum Gasteiger partial charge on any atom is 0.273 e. The van der Waals surface area contributed by atoms with Crippen molar-refractivity contribution in [3.05, 3.63) is 62.9 Å². The second kappa shape index (κ2) is 6.40. The van der Waals surface area contributed by atoms with Crippen LogP contribution in [0.5, 0.6) is 5.75 Å². The molecule has 0 heterocycles. The van der Waals surface area contributed by atoms with Gasteiger partial charge < -0.3 is 10.1 Å². The Morgan fingerprint density at radius 1 is 1.36 bits per heavy atom. The van der Waals surface area contributed by atoms with Gasteiger partial charge in [-0.15, -0.1) is 0 Å². The summed E-state index contributed by atoms with van der Waals surface area (Å²) in [6.07, 6.45) is 0. The molecule has 114 valence electrons. The van der Waals surface area contributed by atoms with Crippen LogP contribution in [-0.4, -0.2) is 17.9 Å². The summed E-state index contributed by atoms with van der Waals surface area (Å²) < 4.78 is 18.7. The van der Waals surface area contributed by atoms with Crippen LogP contribution in [0.3, 0.4) is 0 Å². The second-order valence-corrected chi connectivity index (χ2v) is 4.60. The first-order chi connectivity index (χ1) is 10.4. The van der Waals surface area contributed by atoms with Crippen LogP contribution in [0.1, 0.15) is 10.4 Å². The number of nitrogens with zero attached hydrogens (tertiary/aromatic N) is 1. The lowest BCUT2D eigenvalue weighted by Gasteiger charge is -2.11. The van der Waals surface area contributed by atoms with E-state index in [1.807, 2.05) is 0 Å². The molecule has 0 atom stereocenters. The van der Waals surface area contributed by atoms with Crippen molar-refractivity contribution in [2.45, 2.75) is 0 Å². The maximum absolute atomic E-state index is 13.7. The summed E-state index contributed by atoms with van der Waals surface area (Å²) in [5.41, 5.74) is -0.347. The molecule has 6 nitrogen and oxygen atoms in total. The Kier molecular flexibility index (Phi) is 4.57. The van der Waals surface area contributed by atoms with Gasteiger partial charge in [-0.05, 0) is 18.2 Å². The van der Waals surface area contributed by atoms with E-state index in [0.29, 0.717) is 0 Å². The molecule has 2 aromatic carbocycles. The number of nitrogens with one attached hydrogen (secondary N) is 1. The third-order valence-corrected chi connectivity index (χ3v) is 3.15. The third-order valence-electron chi connectivity index (χ3n) is 2.83. The van der Waals surface area contributed by atoms with Crippen LogP contribution in [0.25, 0.3) is 0 Å². The molecule has 0 saturated heterocycles. The SMILES string of the molecule is COc1cc([N+](=O)[O-])ccc1NC(=O)c1c(F)cccc1Cl. The van der Waals surface area contributed by atoms with Gasteiger partial charge in [-0.2, -0.15) is 0 Å². The first kappa shape index (κ1) is 15.7. The Hall–Kier alpha value is -2.67. The molecule has 0 aromatic heterocycles. The van der Waals surface area contributed by atoms with Gasteiger partial charge in [0.1, 0.15) is 11.6 Å². The molecule has 22 heavy (non-hydrogen) atoms. The molecule has 1 amide bonds. The van der Waals surface area contributed by atoms with E-state index in [2.05, 4.69) is 5.32 Å². The topological polar surface area (TPSA) is 81.5 Å². The number of carbonyl (C=O) groups is 1. The van der Waals surface area contributed by atoms with Gasteiger partial charge in [0.05, 0.1) is 34.4 Å². The zero-order chi connectivity index (χ0) is 16.3. The fourth-order valence-electron chi connectivity index (χ4n) is 1.80. The van der Waals surface area contributed by atoms with Crippen molar-refractivity contribution in [3.8, 4) is 5.75 Å². The van der Waals surface area contributed by atoms with Crippen LogP contribution in [-0.2, 0) is 0 Å². The van der Waals surface area contributed by atoms with Gasteiger partial charge >= 0.3 is 0 Å². The number of nitro groups is 1. The van der Waals surface area contributed by atoms with Gasteiger partial charge in [-0.1, -0.05) is 17.7 Å². The van der Waals surface area contributed by atoms with Crippen molar-refractivity contribution in [1.29, 1.82) is 0 Å². The minimum atomic E-state index is -0.782. The summed E-state index contributed by atoms with van der Waals surface area (Å²) in [6, 6.07) is 7.50. The number of nitro benzene ring substituents is 1. The average molecular weight is 325 g/mol. The molecule has 0 unspecified atom stereocenters. The highest BCUT2D eigenvalue weighted by Gasteiger charge is 2.18. The van der Waals surface area contributed by atoms with Crippen LogP contribution in [0.4, 0.5) is 15.8 Å². The number of methoxy groups -OCH3 is 1. The molecule has 2 rings (SSSR count). The Labute approximate surface area is 129 Å². The third kappa shape index (κ3) is 3.15. The van der Waals surface area contributed by atoms with Crippen molar-refractivity contribution in [3.63, 3.8) is 0 Å². The zero-order valence-corrected chi connectivity index (χ0v) is 12.1. The number of hydrogen-bond donors (Lipinski definition) is 1. The minimum absolute atomic E-state index is 0.0432. The minimum Gasteiger partial charge on any atom is -0.494 e. The van der Waals surface area contributed by atoms with Gasteiger partial charge in [0.15, 0.2) is 0 Å². The molecule has 0 aliphatic carbocycles. The Balaban J connectivity index is 2.34. The van der Waals surface area contributed by atoms with Crippen LogP contribution in [0.15, 0.2) is 36.4 Å². The van der Waals surface area contributed by atoms with Crippen LogP contribution in [0.2, 0.25) is 5.02 Å². The lowest BCUT2D eigenvalue weighted by Crippen LogP contribution is -2.15. The number of benzene rings is 2. The Bertz CT molecular complexity index is 731. The number of hydrogen-bond acceptors (Lipinski definition) is 4. The predicted octanol–water partition coefficient (Wildman–Crippen LogP) is 3.65. The van der Waals surface area contributed by atoms with Gasteiger partial charge in [-0.3, -0.25) is 14.9 Å². The highest BCUT2D eigenvalue weighted by atomic mass is 35.5. The smallest absolute Gasteiger partial charge is 0.273 e. The van der Waals surface area contributed by atoms with Crippen molar-refractivity contribution in [2.75, 3.05) is 12.4 Å².